The van der Waals surface area contributed by atoms with Crippen molar-refractivity contribution in [3.05, 3.63) is 40.8 Å². The molecule has 1 aliphatic rings. The number of rotatable bonds is 7. The van der Waals surface area contributed by atoms with Crippen molar-refractivity contribution in [1.29, 1.82) is 5.26 Å². The minimum Gasteiger partial charge on any atom is -0.488 e. The summed E-state index contributed by atoms with van der Waals surface area (Å²) in [6.45, 7) is 3.16. The topological polar surface area (TPSA) is 129 Å². The Kier molecular flexibility index (Phi) is 6.37. The highest BCUT2D eigenvalue weighted by Gasteiger charge is 2.32. The zero-order valence-corrected chi connectivity index (χ0v) is 18.8. The first kappa shape index (κ1) is 22.4. The van der Waals surface area contributed by atoms with E-state index < -0.39 is 5.82 Å². The maximum Gasteiger partial charge on any atom is 0.262 e. The quantitative estimate of drug-likeness (QED) is 0.454. The molecule has 0 aliphatic heterocycles. The van der Waals surface area contributed by atoms with Gasteiger partial charge in [-0.25, -0.2) is 14.4 Å². The van der Waals surface area contributed by atoms with Crippen molar-refractivity contribution in [2.24, 2.45) is 0 Å². The van der Waals surface area contributed by atoms with Gasteiger partial charge in [-0.1, -0.05) is 0 Å². The SMILES string of the molecule is CC(=O)N[C@H]1C[C@H](Oc2cc(F)ccc2Nc2ncnc3sc(C(=O)NCC#N)c(C)c23)C1. The first-order valence-electron chi connectivity index (χ1n) is 10.2. The number of hydrogen-bond donors (Lipinski definition) is 3. The van der Waals surface area contributed by atoms with E-state index in [0.717, 1.165) is 0 Å². The van der Waals surface area contributed by atoms with Crippen LogP contribution < -0.4 is 20.7 Å². The molecular weight excluding hydrogens is 447 g/mol. The molecule has 0 bridgehead atoms. The number of carbonyl (C=O) groups excluding carboxylic acids is 2. The van der Waals surface area contributed by atoms with Crippen LogP contribution in [-0.4, -0.2) is 40.5 Å². The van der Waals surface area contributed by atoms with E-state index in [9.17, 15) is 14.0 Å². The third kappa shape index (κ3) is 4.85. The molecule has 1 saturated carbocycles. The van der Waals surface area contributed by atoms with Gasteiger partial charge in [-0.2, -0.15) is 5.26 Å². The molecule has 1 fully saturated rings. The monoisotopic (exact) mass is 468 g/mol. The fraction of sp³-hybridized carbons (Fsp3) is 0.318. The average molecular weight is 469 g/mol. The molecule has 9 nitrogen and oxygen atoms in total. The van der Waals surface area contributed by atoms with E-state index in [2.05, 4.69) is 25.9 Å². The molecule has 2 amide bonds. The fourth-order valence-electron chi connectivity index (χ4n) is 3.65. The Morgan fingerprint density at radius 1 is 1.33 bits per heavy atom. The molecule has 4 rings (SSSR count). The summed E-state index contributed by atoms with van der Waals surface area (Å²) in [6, 6.07) is 6.11. The normalized spacial score (nSPS) is 17.0. The third-order valence-corrected chi connectivity index (χ3v) is 6.45. The molecule has 170 valence electrons. The Labute approximate surface area is 193 Å². The Morgan fingerprint density at radius 3 is 2.85 bits per heavy atom. The molecule has 0 radical (unpaired) electrons. The number of benzene rings is 1. The molecule has 3 N–H and O–H groups in total. The Hall–Kier alpha value is -3.78. The number of nitrogens with zero attached hydrogens (tertiary/aromatic N) is 3. The van der Waals surface area contributed by atoms with Gasteiger partial charge in [-0.15, -0.1) is 11.3 Å². The van der Waals surface area contributed by atoms with Gasteiger partial charge in [-0.05, 0) is 24.6 Å². The summed E-state index contributed by atoms with van der Waals surface area (Å²) in [6.07, 6.45) is 2.51. The van der Waals surface area contributed by atoms with Crippen molar-refractivity contribution in [1.82, 2.24) is 20.6 Å². The van der Waals surface area contributed by atoms with E-state index in [1.165, 1.54) is 36.7 Å². The highest BCUT2D eigenvalue weighted by Crippen LogP contribution is 2.37. The zero-order chi connectivity index (χ0) is 23.5. The van der Waals surface area contributed by atoms with Gasteiger partial charge in [0.25, 0.3) is 5.91 Å². The average Bonchev–Trinajstić information content (AvgIpc) is 3.09. The summed E-state index contributed by atoms with van der Waals surface area (Å²) < 4.78 is 19.9. The summed E-state index contributed by atoms with van der Waals surface area (Å²) in [4.78, 5) is 33.2. The van der Waals surface area contributed by atoms with E-state index in [4.69, 9.17) is 10.00 Å². The lowest BCUT2D eigenvalue weighted by molar-refractivity contribution is -0.120. The van der Waals surface area contributed by atoms with Gasteiger partial charge in [0.15, 0.2) is 0 Å². The van der Waals surface area contributed by atoms with Crippen molar-refractivity contribution in [2.75, 3.05) is 11.9 Å². The Bertz CT molecular complexity index is 1260. The number of thiophene rings is 1. The van der Waals surface area contributed by atoms with E-state index in [-0.39, 0.29) is 30.5 Å². The van der Waals surface area contributed by atoms with Crippen molar-refractivity contribution >= 4 is 44.9 Å². The van der Waals surface area contributed by atoms with Crippen LogP contribution in [0.3, 0.4) is 0 Å². The summed E-state index contributed by atoms with van der Waals surface area (Å²) in [5, 5.41) is 17.9. The van der Waals surface area contributed by atoms with Gasteiger partial charge < -0.3 is 20.7 Å². The molecule has 3 aromatic rings. The number of amides is 2. The van der Waals surface area contributed by atoms with Crippen LogP contribution in [0.2, 0.25) is 0 Å². The van der Waals surface area contributed by atoms with Crippen LogP contribution >= 0.6 is 11.3 Å². The second kappa shape index (κ2) is 9.38. The molecule has 0 saturated heterocycles. The smallest absolute Gasteiger partial charge is 0.262 e. The van der Waals surface area contributed by atoms with Crippen LogP contribution in [0.5, 0.6) is 5.75 Å². The predicted molar refractivity (Wildman–Crippen MR) is 121 cm³/mol. The van der Waals surface area contributed by atoms with Gasteiger partial charge >= 0.3 is 0 Å². The van der Waals surface area contributed by atoms with Gasteiger partial charge in [0.2, 0.25) is 5.91 Å². The van der Waals surface area contributed by atoms with Gasteiger partial charge in [0.05, 0.1) is 22.0 Å². The van der Waals surface area contributed by atoms with Crippen molar-refractivity contribution in [3.63, 3.8) is 0 Å². The number of carbonyl (C=O) groups is 2. The minimum absolute atomic E-state index is 0.0537. The summed E-state index contributed by atoms with van der Waals surface area (Å²) in [7, 11) is 0. The van der Waals surface area contributed by atoms with Crippen LogP contribution in [0, 0.1) is 24.1 Å². The number of nitriles is 1. The number of aryl methyl sites for hydroxylation is 1. The number of aromatic nitrogens is 2. The van der Waals surface area contributed by atoms with Crippen molar-refractivity contribution in [2.45, 2.75) is 38.8 Å². The molecule has 0 atom stereocenters. The minimum atomic E-state index is -0.440. The number of halogens is 1. The Balaban J connectivity index is 1.59. The molecule has 0 unspecified atom stereocenters. The van der Waals surface area contributed by atoms with Crippen LogP contribution in [0.25, 0.3) is 10.2 Å². The number of ether oxygens (including phenoxy) is 1. The Morgan fingerprint density at radius 2 is 2.12 bits per heavy atom. The lowest BCUT2D eigenvalue weighted by Gasteiger charge is -2.36. The molecule has 0 spiro atoms. The fourth-order valence-corrected chi connectivity index (χ4v) is 4.72. The van der Waals surface area contributed by atoms with E-state index in [1.54, 1.807) is 13.0 Å². The van der Waals surface area contributed by atoms with E-state index >= 15 is 0 Å². The maximum absolute atomic E-state index is 14.0. The van der Waals surface area contributed by atoms with Crippen LogP contribution in [0.15, 0.2) is 24.5 Å². The number of nitrogens with one attached hydrogen (secondary N) is 3. The first-order chi connectivity index (χ1) is 15.9. The molecule has 2 heterocycles. The predicted octanol–water partition coefficient (Wildman–Crippen LogP) is 3.18. The third-order valence-electron chi connectivity index (χ3n) is 5.25. The highest BCUT2D eigenvalue weighted by molar-refractivity contribution is 7.20. The second-order valence-electron chi connectivity index (χ2n) is 7.67. The molecule has 2 aromatic heterocycles. The van der Waals surface area contributed by atoms with Gasteiger partial charge in [0.1, 0.15) is 41.2 Å². The van der Waals surface area contributed by atoms with Gasteiger partial charge in [0, 0.05) is 31.9 Å². The van der Waals surface area contributed by atoms with Crippen LogP contribution in [0.1, 0.15) is 35.0 Å². The largest absolute Gasteiger partial charge is 0.488 e. The van der Waals surface area contributed by atoms with E-state index in [1.807, 2.05) is 6.07 Å². The van der Waals surface area contributed by atoms with Gasteiger partial charge in [-0.3, -0.25) is 9.59 Å². The molecule has 1 aromatic carbocycles. The summed E-state index contributed by atoms with van der Waals surface area (Å²) in [5.41, 5.74) is 1.19. The lowest BCUT2D eigenvalue weighted by Crippen LogP contribution is -2.48. The molecule has 33 heavy (non-hydrogen) atoms. The lowest BCUT2D eigenvalue weighted by atomic mass is 9.89. The second-order valence-corrected chi connectivity index (χ2v) is 8.67. The molecule has 11 heteroatoms. The molecule has 1 aliphatic carbocycles. The highest BCUT2D eigenvalue weighted by atomic mass is 32.1. The van der Waals surface area contributed by atoms with Crippen molar-refractivity contribution < 1.29 is 18.7 Å². The maximum atomic E-state index is 14.0. The summed E-state index contributed by atoms with van der Waals surface area (Å²) in [5.74, 6) is -0.106. The first-order valence-corrected chi connectivity index (χ1v) is 11.1. The standard InChI is InChI=1S/C22H21FN6O3S/c1-11-18-20(26-10-27-22(18)33-19(11)21(31)25-6-5-24)29-16-4-3-13(23)7-17(16)32-15-8-14(9-15)28-12(2)30/h3-4,7,10,14-15H,6,8-9H2,1-2H3,(H,25,31)(H,28,30)(H,26,27,29)/t14-,15-. The van der Waals surface area contributed by atoms with E-state index in [0.29, 0.717) is 50.8 Å². The zero-order valence-electron chi connectivity index (χ0n) is 17.9. The van der Waals surface area contributed by atoms with Crippen LogP contribution in [0.4, 0.5) is 15.9 Å². The van der Waals surface area contributed by atoms with Crippen molar-refractivity contribution in [3.8, 4) is 11.8 Å². The van der Waals surface area contributed by atoms with Crippen LogP contribution in [-0.2, 0) is 4.79 Å². The number of anilines is 2. The molecular formula is C22H21FN6O3S. The number of hydrogen-bond acceptors (Lipinski definition) is 8. The summed E-state index contributed by atoms with van der Waals surface area (Å²) >= 11 is 1.20. The number of fused-ring (bicyclic) bond motifs is 1.